The fraction of sp³-hybridized carbons (Fsp3) is 0.0833. The van der Waals surface area contributed by atoms with Crippen LogP contribution in [-0.2, 0) is 4.74 Å². The summed E-state index contributed by atoms with van der Waals surface area (Å²) in [6.45, 7) is 0. The van der Waals surface area contributed by atoms with Crippen molar-refractivity contribution in [2.24, 2.45) is 5.73 Å². The second-order valence-corrected chi connectivity index (χ2v) is 3.69. The largest absolute Gasteiger partial charge is 0.465 e. The van der Waals surface area contributed by atoms with E-state index < -0.39 is 23.5 Å². The SMILES string of the molecule is COC(=O)c1cc(C(N)=O)nc2cc(F)c(F)cc12. The van der Waals surface area contributed by atoms with Gasteiger partial charge in [0.15, 0.2) is 11.6 Å². The molecule has 2 aromatic rings. The molecule has 5 nitrogen and oxygen atoms in total. The van der Waals surface area contributed by atoms with Crippen LogP contribution in [0.3, 0.4) is 0 Å². The zero-order valence-corrected chi connectivity index (χ0v) is 9.74. The van der Waals surface area contributed by atoms with Crippen LogP contribution in [0.1, 0.15) is 20.8 Å². The summed E-state index contributed by atoms with van der Waals surface area (Å²) < 4.78 is 30.9. The molecule has 0 atom stereocenters. The molecule has 0 spiro atoms. The lowest BCUT2D eigenvalue weighted by atomic mass is 10.1. The van der Waals surface area contributed by atoms with Gasteiger partial charge in [-0.05, 0) is 12.1 Å². The van der Waals surface area contributed by atoms with Crippen LogP contribution in [-0.4, -0.2) is 24.0 Å². The molecule has 98 valence electrons. The Morgan fingerprint density at radius 1 is 1.21 bits per heavy atom. The summed E-state index contributed by atoms with van der Waals surface area (Å²) in [5.41, 5.74) is 4.65. The van der Waals surface area contributed by atoms with E-state index in [4.69, 9.17) is 5.73 Å². The Hall–Kier alpha value is -2.57. The Morgan fingerprint density at radius 2 is 1.84 bits per heavy atom. The summed E-state index contributed by atoms with van der Waals surface area (Å²) in [5, 5.41) is 0.0377. The molecule has 0 bridgehead atoms. The first-order valence-electron chi connectivity index (χ1n) is 5.12. The minimum absolute atomic E-state index is 0.0377. The maximum atomic E-state index is 13.2. The van der Waals surface area contributed by atoms with E-state index in [0.29, 0.717) is 0 Å². The second-order valence-electron chi connectivity index (χ2n) is 3.69. The first kappa shape index (κ1) is 12.9. The number of primary amides is 1. The van der Waals surface area contributed by atoms with Gasteiger partial charge in [0, 0.05) is 11.5 Å². The van der Waals surface area contributed by atoms with Crippen LogP contribution in [0.15, 0.2) is 18.2 Å². The standard InChI is InChI=1S/C12H8F2N2O3/c1-19-12(18)6-3-10(11(15)17)16-9-4-8(14)7(13)2-5(6)9/h2-4H,1H3,(H2,15,17). The lowest BCUT2D eigenvalue weighted by molar-refractivity contribution is 0.0603. The molecule has 0 aliphatic heterocycles. The zero-order chi connectivity index (χ0) is 14.2. The Balaban J connectivity index is 2.85. The van der Waals surface area contributed by atoms with Crippen molar-refractivity contribution in [3.63, 3.8) is 0 Å². The van der Waals surface area contributed by atoms with Crippen LogP contribution >= 0.6 is 0 Å². The van der Waals surface area contributed by atoms with Crippen molar-refractivity contribution in [1.82, 2.24) is 4.98 Å². The van der Waals surface area contributed by atoms with Gasteiger partial charge in [0.2, 0.25) is 0 Å². The highest BCUT2D eigenvalue weighted by molar-refractivity contribution is 6.06. The molecule has 2 N–H and O–H groups in total. The van der Waals surface area contributed by atoms with Gasteiger partial charge in [-0.3, -0.25) is 4.79 Å². The molecule has 7 heteroatoms. The van der Waals surface area contributed by atoms with Gasteiger partial charge in [-0.1, -0.05) is 0 Å². The summed E-state index contributed by atoms with van der Waals surface area (Å²) in [6.07, 6.45) is 0. The fourth-order valence-corrected chi connectivity index (χ4v) is 1.63. The van der Waals surface area contributed by atoms with Gasteiger partial charge in [0.25, 0.3) is 5.91 Å². The third-order valence-corrected chi connectivity index (χ3v) is 2.51. The maximum absolute atomic E-state index is 13.2. The number of pyridine rings is 1. The molecule has 0 radical (unpaired) electrons. The third kappa shape index (κ3) is 2.22. The highest BCUT2D eigenvalue weighted by Gasteiger charge is 2.17. The van der Waals surface area contributed by atoms with Crippen molar-refractivity contribution in [2.45, 2.75) is 0 Å². The highest BCUT2D eigenvalue weighted by Crippen LogP contribution is 2.22. The molecule has 19 heavy (non-hydrogen) atoms. The number of hydrogen-bond donors (Lipinski definition) is 1. The molecule has 1 amide bonds. The predicted molar refractivity (Wildman–Crippen MR) is 61.5 cm³/mol. The number of fused-ring (bicyclic) bond motifs is 1. The summed E-state index contributed by atoms with van der Waals surface area (Å²) in [5.74, 6) is -3.97. The molecular formula is C12H8F2N2O3. The minimum Gasteiger partial charge on any atom is -0.465 e. The Kier molecular flexibility index (Phi) is 3.12. The van der Waals surface area contributed by atoms with Gasteiger partial charge >= 0.3 is 5.97 Å². The predicted octanol–water partition coefficient (Wildman–Crippen LogP) is 1.40. The van der Waals surface area contributed by atoms with Gasteiger partial charge in [0.1, 0.15) is 5.69 Å². The van der Waals surface area contributed by atoms with Crippen molar-refractivity contribution in [1.29, 1.82) is 0 Å². The zero-order valence-electron chi connectivity index (χ0n) is 9.74. The Morgan fingerprint density at radius 3 is 2.42 bits per heavy atom. The number of ether oxygens (including phenoxy) is 1. The van der Waals surface area contributed by atoms with Crippen molar-refractivity contribution in [2.75, 3.05) is 7.11 Å². The third-order valence-electron chi connectivity index (χ3n) is 2.51. The van der Waals surface area contributed by atoms with Crippen LogP contribution in [0.5, 0.6) is 0 Å². The normalized spacial score (nSPS) is 10.5. The number of rotatable bonds is 2. The number of aromatic nitrogens is 1. The summed E-state index contributed by atoms with van der Waals surface area (Å²) >= 11 is 0. The molecule has 0 saturated heterocycles. The van der Waals surface area contributed by atoms with E-state index in [0.717, 1.165) is 25.3 Å². The van der Waals surface area contributed by atoms with E-state index in [2.05, 4.69) is 9.72 Å². The van der Waals surface area contributed by atoms with E-state index in [1.165, 1.54) is 0 Å². The summed E-state index contributed by atoms with van der Waals surface area (Å²) in [4.78, 5) is 26.4. The lowest BCUT2D eigenvalue weighted by Crippen LogP contribution is -2.15. The van der Waals surface area contributed by atoms with Crippen molar-refractivity contribution >= 4 is 22.8 Å². The number of carbonyl (C=O) groups is 2. The number of esters is 1. The van der Waals surface area contributed by atoms with Gasteiger partial charge < -0.3 is 10.5 Å². The van der Waals surface area contributed by atoms with Crippen LogP contribution < -0.4 is 5.73 Å². The monoisotopic (exact) mass is 266 g/mol. The van der Waals surface area contributed by atoms with Crippen molar-refractivity contribution in [3.8, 4) is 0 Å². The van der Waals surface area contributed by atoms with E-state index in [1.54, 1.807) is 0 Å². The molecule has 0 aliphatic rings. The van der Waals surface area contributed by atoms with Crippen molar-refractivity contribution < 1.29 is 23.1 Å². The van der Waals surface area contributed by atoms with Crippen LogP contribution in [0.2, 0.25) is 0 Å². The van der Waals surface area contributed by atoms with Gasteiger partial charge in [-0.2, -0.15) is 0 Å². The van der Waals surface area contributed by atoms with Gasteiger partial charge in [-0.15, -0.1) is 0 Å². The molecule has 0 saturated carbocycles. The smallest absolute Gasteiger partial charge is 0.338 e. The summed E-state index contributed by atoms with van der Waals surface area (Å²) in [7, 11) is 1.12. The van der Waals surface area contributed by atoms with Gasteiger partial charge in [-0.25, -0.2) is 18.6 Å². The number of carbonyl (C=O) groups excluding carboxylic acids is 2. The molecule has 1 aromatic carbocycles. The van der Waals surface area contributed by atoms with E-state index in [-0.39, 0.29) is 22.2 Å². The quantitative estimate of drug-likeness (QED) is 0.833. The number of halogens is 2. The van der Waals surface area contributed by atoms with Gasteiger partial charge in [0.05, 0.1) is 18.2 Å². The first-order chi connectivity index (χ1) is 8.93. The molecule has 2 rings (SSSR count). The lowest BCUT2D eigenvalue weighted by Gasteiger charge is -2.07. The molecule has 0 aliphatic carbocycles. The van der Waals surface area contributed by atoms with E-state index in [1.807, 2.05) is 0 Å². The fourth-order valence-electron chi connectivity index (χ4n) is 1.63. The second kappa shape index (κ2) is 4.60. The molecule has 1 aromatic heterocycles. The Labute approximate surface area is 106 Å². The number of nitrogens with zero attached hydrogens (tertiary/aromatic N) is 1. The number of hydrogen-bond acceptors (Lipinski definition) is 4. The topological polar surface area (TPSA) is 82.3 Å². The maximum Gasteiger partial charge on any atom is 0.338 e. The van der Waals surface area contributed by atoms with Crippen molar-refractivity contribution in [3.05, 3.63) is 41.1 Å². The van der Waals surface area contributed by atoms with Crippen LogP contribution in [0, 0.1) is 11.6 Å². The molecule has 0 fully saturated rings. The van der Waals surface area contributed by atoms with E-state index >= 15 is 0 Å². The number of methoxy groups -OCH3 is 1. The number of amides is 1. The molecule has 1 heterocycles. The number of nitrogens with two attached hydrogens (primary N) is 1. The molecular weight excluding hydrogens is 258 g/mol. The molecule has 0 unspecified atom stereocenters. The Bertz CT molecular complexity index is 701. The first-order valence-corrected chi connectivity index (χ1v) is 5.12. The highest BCUT2D eigenvalue weighted by atomic mass is 19.2. The minimum atomic E-state index is -1.14. The average molecular weight is 266 g/mol. The van der Waals surface area contributed by atoms with Crippen LogP contribution in [0.25, 0.3) is 10.9 Å². The van der Waals surface area contributed by atoms with E-state index in [9.17, 15) is 18.4 Å². The summed E-state index contributed by atoms with van der Waals surface area (Å²) in [6, 6.07) is 2.67. The van der Waals surface area contributed by atoms with Crippen LogP contribution in [0.4, 0.5) is 8.78 Å². The number of benzene rings is 1. The average Bonchev–Trinajstić information content (AvgIpc) is 2.38.